The highest BCUT2D eigenvalue weighted by Crippen LogP contribution is 2.12. The zero-order chi connectivity index (χ0) is 12.9. The summed E-state index contributed by atoms with van der Waals surface area (Å²) in [6.07, 6.45) is 0.843. The Morgan fingerprint density at radius 1 is 1.53 bits per heavy atom. The molecule has 1 rings (SSSR count). The van der Waals surface area contributed by atoms with Gasteiger partial charge in [0.2, 0.25) is 15.9 Å². The average Bonchev–Trinajstić information content (AvgIpc) is 2.27. The first-order valence-corrected chi connectivity index (χ1v) is 6.30. The van der Waals surface area contributed by atoms with Crippen molar-refractivity contribution in [3.63, 3.8) is 0 Å². The number of carboxylic acid groups (broad SMARTS) is 1. The summed E-state index contributed by atoms with van der Waals surface area (Å²) in [6, 6.07) is 2.97. The molecule has 0 unspecified atom stereocenters. The van der Waals surface area contributed by atoms with Crippen molar-refractivity contribution >= 4 is 21.7 Å². The SMILES string of the molecule is COc1ccc(NS(=O)(=O)CCC(=O)O)cn1. The number of hydrogen-bond acceptors (Lipinski definition) is 5. The number of carboxylic acids is 1. The maximum atomic E-state index is 11.4. The van der Waals surface area contributed by atoms with Gasteiger partial charge in [0, 0.05) is 6.07 Å². The van der Waals surface area contributed by atoms with E-state index in [0.29, 0.717) is 5.88 Å². The summed E-state index contributed by atoms with van der Waals surface area (Å²) in [5, 5.41) is 8.39. The third-order valence-electron chi connectivity index (χ3n) is 1.80. The van der Waals surface area contributed by atoms with E-state index in [4.69, 9.17) is 9.84 Å². The van der Waals surface area contributed by atoms with Crippen molar-refractivity contribution in [3.8, 4) is 5.88 Å². The Balaban J connectivity index is 2.66. The fourth-order valence-corrected chi connectivity index (χ4v) is 2.04. The molecular weight excluding hydrogens is 248 g/mol. The van der Waals surface area contributed by atoms with E-state index in [1.165, 1.54) is 25.4 Å². The highest BCUT2D eigenvalue weighted by Gasteiger charge is 2.12. The molecule has 0 radical (unpaired) electrons. The summed E-state index contributed by atoms with van der Waals surface area (Å²) in [6.45, 7) is 0. The lowest BCUT2D eigenvalue weighted by Gasteiger charge is -2.06. The minimum absolute atomic E-state index is 0.260. The largest absolute Gasteiger partial charge is 0.481 e. The van der Waals surface area contributed by atoms with Crippen LogP contribution in [0.3, 0.4) is 0 Å². The number of carbonyl (C=O) groups is 1. The summed E-state index contributed by atoms with van der Waals surface area (Å²) < 4.78 is 29.9. The minimum atomic E-state index is -3.66. The van der Waals surface area contributed by atoms with Crippen molar-refractivity contribution in [1.82, 2.24) is 4.98 Å². The predicted molar refractivity (Wildman–Crippen MR) is 60.5 cm³/mol. The smallest absolute Gasteiger partial charge is 0.304 e. The second-order valence-corrected chi connectivity index (χ2v) is 5.00. The standard InChI is InChI=1S/C9H12N2O5S/c1-16-8-3-2-7(6-10-8)11-17(14,15)5-4-9(12)13/h2-3,6,11H,4-5H2,1H3,(H,12,13). The van der Waals surface area contributed by atoms with E-state index < -0.39 is 28.2 Å². The Morgan fingerprint density at radius 3 is 2.71 bits per heavy atom. The summed E-state index contributed by atoms with van der Waals surface area (Å²) in [5.41, 5.74) is 0.260. The van der Waals surface area contributed by atoms with Crippen molar-refractivity contribution in [3.05, 3.63) is 18.3 Å². The number of aromatic nitrogens is 1. The molecule has 0 amide bonds. The number of methoxy groups -OCH3 is 1. The number of ether oxygens (including phenoxy) is 1. The van der Waals surface area contributed by atoms with Gasteiger partial charge in [-0.2, -0.15) is 0 Å². The van der Waals surface area contributed by atoms with Crippen LogP contribution in [-0.2, 0) is 14.8 Å². The van der Waals surface area contributed by atoms with E-state index in [9.17, 15) is 13.2 Å². The van der Waals surface area contributed by atoms with Gasteiger partial charge in [0.05, 0.1) is 31.2 Å². The Kier molecular flexibility index (Phi) is 4.27. The van der Waals surface area contributed by atoms with E-state index in [1.54, 1.807) is 0 Å². The van der Waals surface area contributed by atoms with Gasteiger partial charge in [-0.25, -0.2) is 13.4 Å². The van der Waals surface area contributed by atoms with Gasteiger partial charge in [-0.1, -0.05) is 0 Å². The fourth-order valence-electron chi connectivity index (χ4n) is 1.01. The molecule has 0 aliphatic rings. The number of nitrogens with one attached hydrogen (secondary N) is 1. The molecule has 0 aliphatic heterocycles. The molecule has 0 bridgehead atoms. The molecule has 0 aliphatic carbocycles. The van der Waals surface area contributed by atoms with E-state index >= 15 is 0 Å². The Labute approximate surface area is 98.5 Å². The molecular formula is C9H12N2O5S. The zero-order valence-electron chi connectivity index (χ0n) is 9.08. The molecule has 0 saturated carbocycles. The molecule has 17 heavy (non-hydrogen) atoms. The lowest BCUT2D eigenvalue weighted by Crippen LogP contribution is -2.18. The van der Waals surface area contributed by atoms with Crippen LogP contribution < -0.4 is 9.46 Å². The molecule has 2 N–H and O–H groups in total. The molecule has 1 heterocycles. The lowest BCUT2D eigenvalue weighted by atomic mass is 10.4. The topological polar surface area (TPSA) is 106 Å². The summed E-state index contributed by atoms with van der Waals surface area (Å²) in [7, 11) is -2.22. The number of rotatable bonds is 6. The highest BCUT2D eigenvalue weighted by molar-refractivity contribution is 7.92. The first kappa shape index (κ1) is 13.2. The van der Waals surface area contributed by atoms with E-state index in [-0.39, 0.29) is 5.69 Å². The van der Waals surface area contributed by atoms with Crippen molar-refractivity contribution < 1.29 is 23.1 Å². The van der Waals surface area contributed by atoms with Gasteiger partial charge in [0.25, 0.3) is 0 Å². The average molecular weight is 260 g/mol. The van der Waals surface area contributed by atoms with E-state index in [2.05, 4.69) is 9.71 Å². The maximum Gasteiger partial charge on any atom is 0.304 e. The lowest BCUT2D eigenvalue weighted by molar-refractivity contribution is -0.136. The van der Waals surface area contributed by atoms with Crippen LogP contribution in [0.15, 0.2) is 18.3 Å². The van der Waals surface area contributed by atoms with Gasteiger partial charge in [0.15, 0.2) is 0 Å². The third kappa shape index (κ3) is 4.68. The predicted octanol–water partition coefficient (Wildman–Crippen LogP) is 0.307. The van der Waals surface area contributed by atoms with Gasteiger partial charge in [-0.3, -0.25) is 9.52 Å². The Hall–Kier alpha value is -1.83. The molecule has 7 nitrogen and oxygen atoms in total. The molecule has 94 valence electrons. The second kappa shape index (κ2) is 5.48. The van der Waals surface area contributed by atoms with Crippen LogP contribution in [-0.4, -0.2) is 37.3 Å². The van der Waals surface area contributed by atoms with E-state index in [1.807, 2.05) is 0 Å². The quantitative estimate of drug-likeness (QED) is 0.762. The van der Waals surface area contributed by atoms with Gasteiger partial charge < -0.3 is 9.84 Å². The number of hydrogen-bond donors (Lipinski definition) is 2. The van der Waals surface area contributed by atoms with Crippen LogP contribution in [0.25, 0.3) is 0 Å². The van der Waals surface area contributed by atoms with Gasteiger partial charge >= 0.3 is 5.97 Å². The maximum absolute atomic E-state index is 11.4. The number of aliphatic carboxylic acids is 1. The van der Waals surface area contributed by atoms with Crippen molar-refractivity contribution in [1.29, 1.82) is 0 Å². The van der Waals surface area contributed by atoms with Crippen molar-refractivity contribution in [2.75, 3.05) is 17.6 Å². The zero-order valence-corrected chi connectivity index (χ0v) is 9.90. The van der Waals surface area contributed by atoms with Crippen LogP contribution in [0.5, 0.6) is 5.88 Å². The number of anilines is 1. The normalized spacial score (nSPS) is 10.9. The summed E-state index contributed by atoms with van der Waals surface area (Å²) in [5.74, 6) is -1.28. The van der Waals surface area contributed by atoms with E-state index in [0.717, 1.165) is 0 Å². The Morgan fingerprint density at radius 2 is 2.24 bits per heavy atom. The first-order chi connectivity index (χ1) is 7.93. The van der Waals surface area contributed by atoms with Crippen LogP contribution in [0.1, 0.15) is 6.42 Å². The molecule has 0 saturated heterocycles. The Bertz CT molecular complexity index is 483. The van der Waals surface area contributed by atoms with Crippen LogP contribution in [0.4, 0.5) is 5.69 Å². The van der Waals surface area contributed by atoms with Gasteiger partial charge in [0.1, 0.15) is 0 Å². The molecule has 0 spiro atoms. The molecule has 0 aromatic carbocycles. The molecule has 0 atom stereocenters. The third-order valence-corrected chi connectivity index (χ3v) is 3.09. The fraction of sp³-hybridized carbons (Fsp3) is 0.333. The number of sulfonamides is 1. The molecule has 0 fully saturated rings. The minimum Gasteiger partial charge on any atom is -0.481 e. The molecule has 1 aromatic rings. The van der Waals surface area contributed by atoms with Crippen molar-refractivity contribution in [2.24, 2.45) is 0 Å². The molecule has 8 heteroatoms. The second-order valence-electron chi connectivity index (χ2n) is 3.15. The van der Waals surface area contributed by atoms with Crippen LogP contribution >= 0.6 is 0 Å². The van der Waals surface area contributed by atoms with Crippen LogP contribution in [0, 0.1) is 0 Å². The summed E-state index contributed by atoms with van der Waals surface area (Å²) in [4.78, 5) is 14.1. The number of nitrogens with zero attached hydrogens (tertiary/aromatic N) is 1. The van der Waals surface area contributed by atoms with Crippen molar-refractivity contribution in [2.45, 2.75) is 6.42 Å². The highest BCUT2D eigenvalue weighted by atomic mass is 32.2. The summed E-state index contributed by atoms with van der Waals surface area (Å²) >= 11 is 0. The van der Waals surface area contributed by atoms with Crippen LogP contribution in [0.2, 0.25) is 0 Å². The first-order valence-electron chi connectivity index (χ1n) is 4.65. The molecule has 1 aromatic heterocycles. The van der Waals surface area contributed by atoms with Gasteiger partial charge in [-0.05, 0) is 6.07 Å². The number of pyridine rings is 1. The monoisotopic (exact) mass is 260 g/mol. The van der Waals surface area contributed by atoms with Gasteiger partial charge in [-0.15, -0.1) is 0 Å².